The molecule has 1 aliphatic rings. The Morgan fingerprint density at radius 2 is 1.51 bits per heavy atom. The van der Waals surface area contributed by atoms with Crippen LogP contribution in [0.1, 0.15) is 35.4 Å². The maximum Gasteiger partial charge on any atom is 0.269 e. The quantitative estimate of drug-likeness (QED) is 0.106. The first-order valence-electron chi connectivity index (χ1n) is 12.9. The number of aryl methyl sites for hydroxylation is 1. The molecule has 6 nitrogen and oxygen atoms in total. The molecule has 1 aliphatic carbocycles. The zero-order valence-corrected chi connectivity index (χ0v) is 21.1. The molecule has 0 aliphatic heterocycles. The van der Waals surface area contributed by atoms with Crippen LogP contribution in [0.2, 0.25) is 0 Å². The second kappa shape index (κ2) is 10.1. The van der Waals surface area contributed by atoms with E-state index in [1.165, 1.54) is 50.4 Å². The molecule has 7 rings (SSSR count). The number of hydrogen-bond donors (Lipinski definition) is 2. The van der Waals surface area contributed by atoms with Crippen LogP contribution in [0.25, 0.3) is 32.3 Å². The van der Waals surface area contributed by atoms with Crippen LogP contribution >= 0.6 is 0 Å². The minimum Gasteiger partial charge on any atom is -0.504 e. The third-order valence-corrected chi connectivity index (χ3v) is 7.61. The summed E-state index contributed by atoms with van der Waals surface area (Å²) in [6.07, 6.45) is 6.59. The van der Waals surface area contributed by atoms with Gasteiger partial charge < -0.3 is 10.2 Å². The highest BCUT2D eigenvalue weighted by Gasteiger charge is 2.24. The number of nitro groups is 1. The lowest BCUT2D eigenvalue weighted by Gasteiger charge is -2.27. The molecule has 0 fully saturated rings. The molecule has 6 aromatic rings. The Balaban J connectivity index is 0.000000193. The summed E-state index contributed by atoms with van der Waals surface area (Å²) < 4.78 is 0. The van der Waals surface area contributed by atoms with Crippen molar-refractivity contribution in [2.75, 3.05) is 0 Å². The Labute approximate surface area is 225 Å². The molecule has 1 aromatic heterocycles. The highest BCUT2D eigenvalue weighted by Crippen LogP contribution is 2.41. The van der Waals surface area contributed by atoms with Crippen molar-refractivity contribution in [1.82, 2.24) is 4.98 Å². The fraction of sp³-hybridized carbons (Fsp3) is 0.121. The molecule has 1 atom stereocenters. The number of fused-ring (bicyclic) bond motifs is 6. The maximum atomic E-state index is 10.9. The first-order chi connectivity index (χ1) is 19.0. The number of benzene rings is 5. The number of phenolic OH excluding ortho intramolecular Hbond substituents is 2. The predicted molar refractivity (Wildman–Crippen MR) is 154 cm³/mol. The maximum absolute atomic E-state index is 10.9. The minimum atomic E-state index is -0.336. The molecular formula is C33H26N2O4. The van der Waals surface area contributed by atoms with E-state index in [2.05, 4.69) is 53.5 Å². The summed E-state index contributed by atoms with van der Waals surface area (Å²) in [6, 6.07) is 29.4. The van der Waals surface area contributed by atoms with Crippen LogP contribution in [0.4, 0.5) is 5.69 Å². The Morgan fingerprint density at radius 1 is 0.769 bits per heavy atom. The number of nitrogens with zero attached hydrogens (tertiary/aromatic N) is 2. The summed E-state index contributed by atoms with van der Waals surface area (Å²) in [5.41, 5.74) is 4.13. The van der Waals surface area contributed by atoms with E-state index in [-0.39, 0.29) is 22.1 Å². The van der Waals surface area contributed by atoms with Gasteiger partial charge in [-0.3, -0.25) is 15.1 Å². The van der Waals surface area contributed by atoms with Crippen LogP contribution in [-0.2, 0) is 6.42 Å². The summed E-state index contributed by atoms with van der Waals surface area (Å²) >= 11 is 0. The lowest BCUT2D eigenvalue weighted by Crippen LogP contribution is -2.11. The second-order valence-electron chi connectivity index (χ2n) is 9.87. The molecule has 0 saturated heterocycles. The molecule has 6 heteroatoms. The average molecular weight is 515 g/mol. The Kier molecular flexibility index (Phi) is 6.29. The number of pyridine rings is 1. The first-order valence-corrected chi connectivity index (χ1v) is 12.9. The lowest BCUT2D eigenvalue weighted by molar-refractivity contribution is -0.384. The molecule has 192 valence electrons. The summed E-state index contributed by atoms with van der Waals surface area (Å²) in [4.78, 5) is 14.5. The van der Waals surface area contributed by atoms with Gasteiger partial charge in [0.05, 0.1) is 4.92 Å². The van der Waals surface area contributed by atoms with Crippen molar-refractivity contribution in [3.63, 3.8) is 0 Å². The summed E-state index contributed by atoms with van der Waals surface area (Å²) in [6.45, 7) is 0. The van der Waals surface area contributed by atoms with Crippen molar-refractivity contribution in [3.05, 3.63) is 130 Å². The van der Waals surface area contributed by atoms with E-state index < -0.39 is 0 Å². The van der Waals surface area contributed by atoms with Gasteiger partial charge in [0, 0.05) is 35.8 Å². The number of aromatic hydroxyl groups is 2. The van der Waals surface area contributed by atoms with Gasteiger partial charge in [0.1, 0.15) is 0 Å². The van der Waals surface area contributed by atoms with Crippen LogP contribution in [0.3, 0.4) is 0 Å². The lowest BCUT2D eigenvalue weighted by atomic mass is 9.77. The van der Waals surface area contributed by atoms with Crippen molar-refractivity contribution in [3.8, 4) is 11.5 Å². The fourth-order valence-corrected chi connectivity index (χ4v) is 5.70. The molecule has 1 heterocycles. The monoisotopic (exact) mass is 514 g/mol. The van der Waals surface area contributed by atoms with Crippen LogP contribution in [0.5, 0.6) is 11.5 Å². The third-order valence-electron chi connectivity index (χ3n) is 7.61. The van der Waals surface area contributed by atoms with Crippen molar-refractivity contribution in [2.45, 2.75) is 25.2 Å². The van der Waals surface area contributed by atoms with Gasteiger partial charge in [-0.2, -0.15) is 0 Å². The highest BCUT2D eigenvalue weighted by molar-refractivity contribution is 6.08. The van der Waals surface area contributed by atoms with Gasteiger partial charge in [0.15, 0.2) is 11.5 Å². The van der Waals surface area contributed by atoms with E-state index in [0.717, 1.165) is 30.0 Å². The molecule has 5 aromatic carbocycles. The number of phenols is 2. The average Bonchev–Trinajstić information content (AvgIpc) is 2.97. The van der Waals surface area contributed by atoms with Crippen LogP contribution in [0, 0.1) is 10.1 Å². The molecule has 2 N–H and O–H groups in total. The number of aromatic nitrogens is 1. The zero-order valence-electron chi connectivity index (χ0n) is 21.1. The SMILES string of the molecule is O=[N+]([O-])c1ccc(C2CCCc3c2ccc2c3ccc3ccccc32)cc1.Oc1cc2ccncc2cc1O. The molecule has 0 amide bonds. The van der Waals surface area contributed by atoms with E-state index in [4.69, 9.17) is 10.2 Å². The molecule has 0 saturated carbocycles. The van der Waals surface area contributed by atoms with E-state index in [0.29, 0.717) is 5.92 Å². The van der Waals surface area contributed by atoms with Crippen molar-refractivity contribution < 1.29 is 15.1 Å². The Bertz CT molecular complexity index is 1810. The smallest absolute Gasteiger partial charge is 0.269 e. The molecular weight excluding hydrogens is 488 g/mol. The van der Waals surface area contributed by atoms with Crippen LogP contribution in [-0.4, -0.2) is 20.1 Å². The fourth-order valence-electron chi connectivity index (χ4n) is 5.70. The second-order valence-corrected chi connectivity index (χ2v) is 9.87. The highest BCUT2D eigenvalue weighted by atomic mass is 16.6. The van der Waals surface area contributed by atoms with Gasteiger partial charge in [-0.1, -0.05) is 60.7 Å². The van der Waals surface area contributed by atoms with Gasteiger partial charge >= 0.3 is 0 Å². The van der Waals surface area contributed by atoms with E-state index in [1.807, 2.05) is 12.1 Å². The van der Waals surface area contributed by atoms with E-state index >= 15 is 0 Å². The summed E-state index contributed by atoms with van der Waals surface area (Å²) in [5.74, 6) is 0.0922. The topological polar surface area (TPSA) is 96.5 Å². The number of non-ortho nitro benzene ring substituents is 1. The van der Waals surface area contributed by atoms with Crippen LogP contribution in [0.15, 0.2) is 103 Å². The van der Waals surface area contributed by atoms with E-state index in [9.17, 15) is 10.1 Å². The van der Waals surface area contributed by atoms with Gasteiger partial charge in [0.25, 0.3) is 5.69 Å². The molecule has 0 radical (unpaired) electrons. The van der Waals surface area contributed by atoms with E-state index in [1.54, 1.807) is 30.6 Å². The Morgan fingerprint density at radius 3 is 2.31 bits per heavy atom. The minimum absolute atomic E-state index is 0.103. The largest absolute Gasteiger partial charge is 0.504 e. The number of hydrogen-bond acceptors (Lipinski definition) is 5. The van der Waals surface area contributed by atoms with Crippen LogP contribution < -0.4 is 0 Å². The molecule has 0 spiro atoms. The third kappa shape index (κ3) is 4.61. The molecule has 0 bridgehead atoms. The van der Waals surface area contributed by atoms with Crippen molar-refractivity contribution >= 4 is 38.0 Å². The van der Waals surface area contributed by atoms with Crippen molar-refractivity contribution in [1.29, 1.82) is 0 Å². The van der Waals surface area contributed by atoms with Crippen molar-refractivity contribution in [2.24, 2.45) is 0 Å². The molecule has 1 unspecified atom stereocenters. The standard InChI is InChI=1S/C24H19NO2.C9H7NO2/c26-25(27)18-11-8-17(9-12-18)20-6-3-7-21-22(20)14-15-23-19-5-2-1-4-16(19)10-13-24(21)23;11-8-3-6-1-2-10-5-7(6)4-9(8)12/h1-2,4-5,8-15,20H,3,6-7H2;1-5,11-12H. The first kappa shape index (κ1) is 24.4. The van der Waals surface area contributed by atoms with Gasteiger partial charge in [-0.05, 0) is 81.1 Å². The summed E-state index contributed by atoms with van der Waals surface area (Å²) in [7, 11) is 0. The number of nitro benzene ring substituents is 1. The summed E-state index contributed by atoms with van der Waals surface area (Å²) in [5, 5.41) is 36.1. The van der Waals surface area contributed by atoms with Gasteiger partial charge in [-0.15, -0.1) is 0 Å². The Hall–Kier alpha value is -4.97. The van der Waals surface area contributed by atoms with Gasteiger partial charge in [0.2, 0.25) is 0 Å². The number of rotatable bonds is 2. The zero-order chi connectivity index (χ0) is 26.9. The normalized spacial score (nSPS) is 14.5. The predicted octanol–water partition coefficient (Wildman–Crippen LogP) is 8.02. The van der Waals surface area contributed by atoms with Gasteiger partial charge in [-0.25, -0.2) is 0 Å². The molecule has 39 heavy (non-hydrogen) atoms.